The summed E-state index contributed by atoms with van der Waals surface area (Å²) >= 11 is 0. The Morgan fingerprint density at radius 2 is 2.25 bits per heavy atom. The van der Waals surface area contributed by atoms with Crippen LogP contribution < -0.4 is 0 Å². The topological polar surface area (TPSA) is 37.3 Å². The lowest BCUT2D eigenvalue weighted by Gasteiger charge is -2.36. The van der Waals surface area contributed by atoms with Crippen LogP contribution in [0.2, 0.25) is 0 Å². The summed E-state index contributed by atoms with van der Waals surface area (Å²) in [5.41, 5.74) is 0.553. The van der Waals surface area contributed by atoms with Crippen molar-refractivity contribution in [3.05, 3.63) is 23.8 Å². The van der Waals surface area contributed by atoms with E-state index in [9.17, 15) is 9.90 Å². The van der Waals surface area contributed by atoms with Crippen molar-refractivity contribution >= 4 is 5.97 Å². The summed E-state index contributed by atoms with van der Waals surface area (Å²) in [6, 6.07) is 0. The predicted octanol–water partition coefficient (Wildman–Crippen LogP) is 3.65. The third-order valence-corrected chi connectivity index (χ3v) is 3.48. The van der Waals surface area contributed by atoms with Crippen molar-refractivity contribution in [2.45, 2.75) is 40.5 Å². The Balaban J connectivity index is 3.01. The largest absolute Gasteiger partial charge is 0.481 e. The predicted molar refractivity (Wildman–Crippen MR) is 66.2 cm³/mol. The molecule has 0 bridgehead atoms. The van der Waals surface area contributed by atoms with Gasteiger partial charge in [0.05, 0.1) is 5.41 Å². The van der Waals surface area contributed by atoms with Crippen LogP contribution in [0.3, 0.4) is 0 Å². The summed E-state index contributed by atoms with van der Waals surface area (Å²) < 4.78 is 0. The van der Waals surface area contributed by atoms with Gasteiger partial charge in [-0.3, -0.25) is 4.79 Å². The Labute approximate surface area is 98.1 Å². The van der Waals surface area contributed by atoms with E-state index in [0.29, 0.717) is 5.92 Å². The molecule has 1 unspecified atom stereocenters. The van der Waals surface area contributed by atoms with Crippen LogP contribution >= 0.6 is 0 Å². The standard InChI is InChI=1S/C14H22O2/c1-10(2)7-8-12-11(3)6-5-9-14(12,4)13(15)16/h6-8,10,12H,5,9H2,1-4H3,(H,15,16)/b8-7+/t12?,14-/m1/s1. The third kappa shape index (κ3) is 2.55. The van der Waals surface area contributed by atoms with Gasteiger partial charge in [-0.2, -0.15) is 0 Å². The van der Waals surface area contributed by atoms with Crippen LogP contribution in [0.5, 0.6) is 0 Å². The quantitative estimate of drug-likeness (QED) is 0.740. The minimum absolute atomic E-state index is 0.0427. The molecule has 90 valence electrons. The van der Waals surface area contributed by atoms with Gasteiger partial charge in [0.1, 0.15) is 0 Å². The van der Waals surface area contributed by atoms with Crippen LogP contribution in [-0.4, -0.2) is 11.1 Å². The SMILES string of the molecule is CC1=CCC[C@@](C)(C(=O)O)C1/C=C/C(C)C. The fourth-order valence-corrected chi connectivity index (χ4v) is 2.32. The molecule has 0 amide bonds. The van der Waals surface area contributed by atoms with E-state index in [0.717, 1.165) is 12.8 Å². The second kappa shape index (κ2) is 4.86. The molecule has 1 N–H and O–H groups in total. The Morgan fingerprint density at radius 1 is 1.62 bits per heavy atom. The molecule has 1 aliphatic rings. The molecule has 1 aliphatic carbocycles. The van der Waals surface area contributed by atoms with E-state index in [2.05, 4.69) is 32.1 Å². The highest BCUT2D eigenvalue weighted by atomic mass is 16.4. The zero-order valence-corrected chi connectivity index (χ0v) is 10.7. The second-order valence-electron chi connectivity index (χ2n) is 5.32. The number of carbonyl (C=O) groups is 1. The molecule has 2 heteroatoms. The molecule has 0 spiro atoms. The summed E-state index contributed by atoms with van der Waals surface area (Å²) in [6.07, 6.45) is 7.95. The van der Waals surface area contributed by atoms with E-state index in [1.807, 2.05) is 13.8 Å². The van der Waals surface area contributed by atoms with Crippen LogP contribution in [-0.2, 0) is 4.79 Å². The monoisotopic (exact) mass is 222 g/mol. The van der Waals surface area contributed by atoms with Crippen LogP contribution in [0.1, 0.15) is 40.5 Å². The second-order valence-corrected chi connectivity index (χ2v) is 5.32. The number of hydrogen-bond acceptors (Lipinski definition) is 1. The van der Waals surface area contributed by atoms with Gasteiger partial charge in [0, 0.05) is 5.92 Å². The summed E-state index contributed by atoms with van der Waals surface area (Å²) in [7, 11) is 0. The van der Waals surface area contributed by atoms with Crippen molar-refractivity contribution in [3.8, 4) is 0 Å². The summed E-state index contributed by atoms with van der Waals surface area (Å²) in [5.74, 6) is -0.174. The van der Waals surface area contributed by atoms with Gasteiger partial charge < -0.3 is 5.11 Å². The van der Waals surface area contributed by atoms with Crippen LogP contribution in [0.15, 0.2) is 23.8 Å². The van der Waals surface area contributed by atoms with Crippen molar-refractivity contribution in [2.24, 2.45) is 17.3 Å². The Bertz CT molecular complexity index is 326. The van der Waals surface area contributed by atoms with Gasteiger partial charge in [0.2, 0.25) is 0 Å². The van der Waals surface area contributed by atoms with E-state index >= 15 is 0 Å². The lowest BCUT2D eigenvalue weighted by molar-refractivity contribution is -0.150. The van der Waals surface area contributed by atoms with Crippen LogP contribution in [0.25, 0.3) is 0 Å². The highest BCUT2D eigenvalue weighted by Crippen LogP contribution is 2.42. The van der Waals surface area contributed by atoms with Crippen molar-refractivity contribution in [2.75, 3.05) is 0 Å². The maximum Gasteiger partial charge on any atom is 0.310 e. The van der Waals surface area contributed by atoms with Gasteiger partial charge in [-0.1, -0.05) is 37.6 Å². The highest BCUT2D eigenvalue weighted by molar-refractivity contribution is 5.76. The van der Waals surface area contributed by atoms with Crippen molar-refractivity contribution in [3.63, 3.8) is 0 Å². The molecular weight excluding hydrogens is 200 g/mol. The molecule has 0 saturated carbocycles. The Kier molecular flexibility index (Phi) is 3.95. The fraction of sp³-hybridized carbons (Fsp3) is 0.643. The molecule has 2 atom stereocenters. The number of carboxylic acids is 1. The first-order valence-corrected chi connectivity index (χ1v) is 5.96. The zero-order valence-electron chi connectivity index (χ0n) is 10.7. The third-order valence-electron chi connectivity index (χ3n) is 3.48. The van der Waals surface area contributed by atoms with Crippen molar-refractivity contribution < 1.29 is 9.90 Å². The van der Waals surface area contributed by atoms with Gasteiger partial charge >= 0.3 is 5.97 Å². The maximum atomic E-state index is 11.4. The van der Waals surface area contributed by atoms with Gasteiger partial charge in [-0.25, -0.2) is 0 Å². The zero-order chi connectivity index (χ0) is 12.3. The summed E-state index contributed by atoms with van der Waals surface area (Å²) in [5, 5.41) is 9.39. The van der Waals surface area contributed by atoms with E-state index in [1.54, 1.807) is 0 Å². The van der Waals surface area contributed by atoms with Gasteiger partial charge in [0.15, 0.2) is 0 Å². The minimum atomic E-state index is -0.682. The van der Waals surface area contributed by atoms with Crippen LogP contribution in [0.4, 0.5) is 0 Å². The Hall–Kier alpha value is -1.05. The van der Waals surface area contributed by atoms with Crippen molar-refractivity contribution in [1.82, 2.24) is 0 Å². The maximum absolute atomic E-state index is 11.4. The molecule has 0 aromatic heterocycles. The van der Waals surface area contributed by atoms with Gasteiger partial charge in [-0.15, -0.1) is 0 Å². The molecule has 2 nitrogen and oxygen atoms in total. The number of carboxylic acid groups (broad SMARTS) is 1. The first kappa shape index (κ1) is 13.0. The average Bonchev–Trinajstić information content (AvgIpc) is 2.16. The number of allylic oxidation sites excluding steroid dienone is 4. The average molecular weight is 222 g/mol. The molecule has 1 rings (SSSR count). The summed E-state index contributed by atoms with van der Waals surface area (Å²) in [4.78, 5) is 11.4. The normalized spacial score (nSPS) is 30.8. The number of hydrogen-bond donors (Lipinski definition) is 1. The van der Waals surface area contributed by atoms with E-state index in [1.165, 1.54) is 5.57 Å². The molecule has 0 fully saturated rings. The minimum Gasteiger partial charge on any atom is -0.481 e. The highest BCUT2D eigenvalue weighted by Gasteiger charge is 2.42. The van der Waals surface area contributed by atoms with E-state index in [-0.39, 0.29) is 5.92 Å². The molecule has 16 heavy (non-hydrogen) atoms. The van der Waals surface area contributed by atoms with Gasteiger partial charge in [0.25, 0.3) is 0 Å². The molecule has 0 aromatic rings. The molecule has 0 aliphatic heterocycles. The Morgan fingerprint density at radius 3 is 2.75 bits per heavy atom. The fourth-order valence-electron chi connectivity index (χ4n) is 2.32. The first-order chi connectivity index (χ1) is 7.38. The molecule has 0 heterocycles. The molecular formula is C14H22O2. The van der Waals surface area contributed by atoms with Gasteiger partial charge in [-0.05, 0) is 32.6 Å². The molecule has 0 aromatic carbocycles. The smallest absolute Gasteiger partial charge is 0.310 e. The van der Waals surface area contributed by atoms with Crippen LogP contribution in [0, 0.1) is 17.3 Å². The van der Waals surface area contributed by atoms with E-state index in [4.69, 9.17) is 0 Å². The van der Waals surface area contributed by atoms with E-state index < -0.39 is 11.4 Å². The van der Waals surface area contributed by atoms with Crippen molar-refractivity contribution in [1.29, 1.82) is 0 Å². The molecule has 0 saturated heterocycles. The lowest BCUT2D eigenvalue weighted by atomic mass is 9.67. The first-order valence-electron chi connectivity index (χ1n) is 5.96. The summed E-state index contributed by atoms with van der Waals surface area (Å²) in [6.45, 7) is 8.11. The molecule has 0 radical (unpaired) electrons. The number of aliphatic carboxylic acids is 1. The lowest BCUT2D eigenvalue weighted by Crippen LogP contribution is -2.37. The number of rotatable bonds is 3.